The van der Waals surface area contributed by atoms with Gasteiger partial charge in [-0.2, -0.15) is 8.42 Å². The molecule has 0 saturated heterocycles. The fourth-order valence-corrected chi connectivity index (χ4v) is 1.38. The molecule has 6 heteroatoms. The number of nitrogens with zero attached hydrogens (tertiary/aromatic N) is 2. The lowest BCUT2D eigenvalue weighted by molar-refractivity contribution is 0.483. The van der Waals surface area contributed by atoms with Gasteiger partial charge in [-0.3, -0.25) is 4.55 Å². The SMILES string of the molecule is [N-]=Nc1ccccc1S(=O)(=O)O. The summed E-state index contributed by atoms with van der Waals surface area (Å²) in [4.78, 5) is -0.410. The second-order valence-electron chi connectivity index (χ2n) is 2.04. The molecule has 5 nitrogen and oxygen atoms in total. The molecule has 0 aliphatic carbocycles. The molecular weight excluding hydrogens is 180 g/mol. The van der Waals surface area contributed by atoms with Gasteiger partial charge < -0.3 is 10.6 Å². The normalized spacial score (nSPS) is 11.1. The third-order valence-corrected chi connectivity index (χ3v) is 2.15. The van der Waals surface area contributed by atoms with E-state index >= 15 is 0 Å². The van der Waals surface area contributed by atoms with Crippen LogP contribution in [0.2, 0.25) is 0 Å². The van der Waals surface area contributed by atoms with Crippen LogP contribution in [0.25, 0.3) is 5.53 Å². The van der Waals surface area contributed by atoms with Gasteiger partial charge in [-0.15, -0.1) is 0 Å². The van der Waals surface area contributed by atoms with Crippen LogP contribution in [0.15, 0.2) is 34.3 Å². The molecule has 0 aliphatic rings. The highest BCUT2D eigenvalue weighted by atomic mass is 32.2. The second kappa shape index (κ2) is 3.00. The first-order valence-corrected chi connectivity index (χ1v) is 4.41. The van der Waals surface area contributed by atoms with Crippen molar-refractivity contribution in [3.8, 4) is 0 Å². The van der Waals surface area contributed by atoms with Crippen LogP contribution in [0.1, 0.15) is 0 Å². The summed E-state index contributed by atoms with van der Waals surface area (Å²) >= 11 is 0. The Kier molecular flexibility index (Phi) is 2.20. The Balaban J connectivity index is 3.43. The zero-order valence-electron chi connectivity index (χ0n) is 5.88. The maximum Gasteiger partial charge on any atom is 0.296 e. The van der Waals surface area contributed by atoms with Crippen LogP contribution in [-0.2, 0) is 10.1 Å². The van der Waals surface area contributed by atoms with Crippen LogP contribution >= 0.6 is 0 Å². The Morgan fingerprint density at radius 2 is 1.92 bits per heavy atom. The van der Waals surface area contributed by atoms with Gasteiger partial charge in [-0.1, -0.05) is 12.1 Å². The van der Waals surface area contributed by atoms with Gasteiger partial charge in [-0.05, 0) is 12.1 Å². The highest BCUT2D eigenvalue weighted by molar-refractivity contribution is 7.86. The first-order chi connectivity index (χ1) is 5.55. The van der Waals surface area contributed by atoms with Crippen molar-refractivity contribution in [2.24, 2.45) is 5.11 Å². The number of benzene rings is 1. The van der Waals surface area contributed by atoms with Gasteiger partial charge >= 0.3 is 0 Å². The van der Waals surface area contributed by atoms with Crippen molar-refractivity contribution < 1.29 is 13.0 Å². The maximum absolute atomic E-state index is 10.6. The van der Waals surface area contributed by atoms with Gasteiger partial charge in [0.05, 0.1) is 5.69 Å². The minimum Gasteiger partial charge on any atom is -0.706 e. The van der Waals surface area contributed by atoms with Crippen molar-refractivity contribution in [3.05, 3.63) is 29.8 Å². The molecule has 0 atom stereocenters. The van der Waals surface area contributed by atoms with Crippen LogP contribution in [-0.4, -0.2) is 13.0 Å². The van der Waals surface area contributed by atoms with E-state index in [0.717, 1.165) is 6.07 Å². The van der Waals surface area contributed by atoms with E-state index in [2.05, 4.69) is 5.11 Å². The van der Waals surface area contributed by atoms with Gasteiger partial charge in [0, 0.05) is 0 Å². The molecule has 0 amide bonds. The quantitative estimate of drug-likeness (QED) is 0.560. The van der Waals surface area contributed by atoms with E-state index in [0.29, 0.717) is 0 Å². The number of hydrogen-bond donors (Lipinski definition) is 1. The molecule has 1 rings (SSSR count). The molecule has 0 saturated carbocycles. The minimum atomic E-state index is -4.30. The monoisotopic (exact) mass is 185 g/mol. The van der Waals surface area contributed by atoms with E-state index in [4.69, 9.17) is 10.1 Å². The first kappa shape index (κ1) is 8.82. The van der Waals surface area contributed by atoms with Crippen molar-refractivity contribution in [2.75, 3.05) is 0 Å². The topological polar surface area (TPSA) is 89.0 Å². The molecular formula is C6H5N2O3S-. The van der Waals surface area contributed by atoms with Crippen LogP contribution in [0, 0.1) is 0 Å². The highest BCUT2D eigenvalue weighted by Gasteiger charge is 2.11. The van der Waals surface area contributed by atoms with E-state index in [-0.39, 0.29) is 5.69 Å². The predicted octanol–water partition coefficient (Wildman–Crippen LogP) is 1.59. The summed E-state index contributed by atoms with van der Waals surface area (Å²) in [6.07, 6.45) is 0. The van der Waals surface area contributed by atoms with E-state index in [1.807, 2.05) is 0 Å². The fourth-order valence-electron chi connectivity index (χ4n) is 0.758. The van der Waals surface area contributed by atoms with Crippen molar-refractivity contribution in [3.63, 3.8) is 0 Å². The molecule has 0 spiro atoms. The van der Waals surface area contributed by atoms with Gasteiger partial charge in [0.2, 0.25) is 0 Å². The molecule has 64 valence electrons. The third kappa shape index (κ3) is 1.66. The predicted molar refractivity (Wildman–Crippen MR) is 41.7 cm³/mol. The molecule has 0 aromatic heterocycles. The smallest absolute Gasteiger partial charge is 0.296 e. The Labute approximate surface area is 69.3 Å². The van der Waals surface area contributed by atoms with E-state index in [1.54, 1.807) is 0 Å². The van der Waals surface area contributed by atoms with Gasteiger partial charge in [0.1, 0.15) is 4.90 Å². The van der Waals surface area contributed by atoms with E-state index in [9.17, 15) is 8.42 Å². The van der Waals surface area contributed by atoms with Crippen LogP contribution in [0.4, 0.5) is 5.69 Å². The van der Waals surface area contributed by atoms with Gasteiger partial charge in [-0.25, -0.2) is 0 Å². The average molecular weight is 185 g/mol. The Morgan fingerprint density at radius 3 is 2.33 bits per heavy atom. The highest BCUT2D eigenvalue weighted by Crippen LogP contribution is 2.22. The summed E-state index contributed by atoms with van der Waals surface area (Å²) in [6, 6.07) is 5.31. The van der Waals surface area contributed by atoms with Crippen LogP contribution in [0.3, 0.4) is 0 Å². The molecule has 0 heterocycles. The summed E-state index contributed by atoms with van der Waals surface area (Å²) in [7, 11) is -4.30. The molecule has 0 bridgehead atoms. The van der Waals surface area contributed by atoms with Crippen molar-refractivity contribution >= 4 is 15.8 Å². The maximum atomic E-state index is 10.6. The first-order valence-electron chi connectivity index (χ1n) is 2.97. The lowest BCUT2D eigenvalue weighted by atomic mass is 10.3. The van der Waals surface area contributed by atoms with Crippen molar-refractivity contribution in [1.82, 2.24) is 0 Å². The van der Waals surface area contributed by atoms with Crippen molar-refractivity contribution in [2.45, 2.75) is 4.90 Å². The van der Waals surface area contributed by atoms with E-state index < -0.39 is 15.0 Å². The van der Waals surface area contributed by atoms with Crippen LogP contribution < -0.4 is 0 Å². The third-order valence-electron chi connectivity index (χ3n) is 1.25. The summed E-state index contributed by atoms with van der Waals surface area (Å²) in [5.41, 5.74) is 8.15. The molecule has 0 radical (unpaired) electrons. The molecule has 0 aliphatic heterocycles. The van der Waals surface area contributed by atoms with Crippen LogP contribution in [0.5, 0.6) is 0 Å². The Bertz CT molecular complexity index is 399. The molecule has 0 fully saturated rings. The summed E-state index contributed by atoms with van der Waals surface area (Å²) in [6.45, 7) is 0. The zero-order valence-corrected chi connectivity index (χ0v) is 6.69. The lowest BCUT2D eigenvalue weighted by Gasteiger charge is -2.02. The van der Waals surface area contributed by atoms with Gasteiger partial charge in [0.25, 0.3) is 10.1 Å². The zero-order chi connectivity index (χ0) is 9.19. The summed E-state index contributed by atoms with van der Waals surface area (Å²) in [5, 5.41) is 2.70. The Hall–Kier alpha value is -1.27. The lowest BCUT2D eigenvalue weighted by Crippen LogP contribution is -1.97. The molecule has 0 unspecified atom stereocenters. The number of rotatable bonds is 2. The minimum absolute atomic E-state index is 0.181. The molecule has 1 aromatic rings. The molecule has 1 aromatic carbocycles. The molecule has 12 heavy (non-hydrogen) atoms. The second-order valence-corrected chi connectivity index (χ2v) is 3.43. The largest absolute Gasteiger partial charge is 0.706 e. The summed E-state index contributed by atoms with van der Waals surface area (Å²) < 4.78 is 29.8. The molecule has 1 N–H and O–H groups in total. The Morgan fingerprint density at radius 1 is 1.33 bits per heavy atom. The number of hydrogen-bond acceptors (Lipinski definition) is 3. The van der Waals surface area contributed by atoms with Crippen molar-refractivity contribution in [1.29, 1.82) is 0 Å². The fraction of sp³-hybridized carbons (Fsp3) is 0. The summed E-state index contributed by atoms with van der Waals surface area (Å²) in [5.74, 6) is 0. The van der Waals surface area contributed by atoms with E-state index in [1.165, 1.54) is 18.2 Å². The average Bonchev–Trinajstić information content (AvgIpc) is 2.03. The standard InChI is InChI=1S/C6H5N2O3S/c7-8-5-3-1-2-4-6(5)12(9,10)11/h1-4H,(H,9,10,11)/q-1. The van der Waals surface area contributed by atoms with Gasteiger partial charge in [0.15, 0.2) is 0 Å².